The lowest BCUT2D eigenvalue weighted by Gasteiger charge is -2.34. The molecule has 2 N–H and O–H groups in total. The quantitative estimate of drug-likeness (QED) is 0.551. The van der Waals surface area contributed by atoms with Crippen LogP contribution >= 0.6 is 0 Å². The maximum Gasteiger partial charge on any atom is 0.318 e. The van der Waals surface area contributed by atoms with E-state index in [-0.39, 0.29) is 39.2 Å². The molecule has 2 unspecified atom stereocenters. The van der Waals surface area contributed by atoms with Gasteiger partial charge >= 0.3 is 6.01 Å². The Morgan fingerprint density at radius 3 is 2.64 bits per heavy atom. The van der Waals surface area contributed by atoms with Gasteiger partial charge in [-0.2, -0.15) is 9.97 Å². The zero-order valence-electron chi connectivity index (χ0n) is 20.1. The molecule has 2 aromatic carbocycles. The standard InChI is InChI=1S/C28H26F2N4O2/c1-5-20-23(29)10-7-16-11-19(35)12-22(24(16)20)15(3)25(30)26-21(6-2)27(33-28(32-26)36-4)34-13-17-8-9-18(14-34)31-17/h1,6-7,10-12,17-18,31,35H,3,8-9,13-14H2,2,4H3/b21-6-,26-25-. The topological polar surface area (TPSA) is 70.5 Å². The summed E-state index contributed by atoms with van der Waals surface area (Å²) in [6.07, 6.45) is 9.51. The molecular weight excluding hydrogens is 462 g/mol. The number of hydrogen-bond donors (Lipinski definition) is 2. The van der Waals surface area contributed by atoms with Crippen molar-refractivity contribution in [1.82, 2.24) is 15.3 Å². The number of terminal acetylenes is 1. The van der Waals surface area contributed by atoms with E-state index in [1.54, 1.807) is 13.0 Å². The van der Waals surface area contributed by atoms with Crippen LogP contribution < -0.4 is 25.5 Å². The summed E-state index contributed by atoms with van der Waals surface area (Å²) >= 11 is 0. The maximum absolute atomic E-state index is 16.3. The number of phenolic OH excluding ortho intramolecular Hbond substituents is 1. The van der Waals surface area contributed by atoms with Gasteiger partial charge in [0.25, 0.3) is 0 Å². The van der Waals surface area contributed by atoms with Crippen LogP contribution in [0.15, 0.2) is 30.8 Å². The van der Waals surface area contributed by atoms with Crippen LogP contribution in [0.5, 0.6) is 11.8 Å². The second-order valence-electron chi connectivity index (χ2n) is 9.08. The molecule has 36 heavy (non-hydrogen) atoms. The number of allylic oxidation sites excluding steroid dienone is 1. The Morgan fingerprint density at radius 1 is 1.28 bits per heavy atom. The van der Waals surface area contributed by atoms with Crippen LogP contribution in [0.4, 0.5) is 14.6 Å². The van der Waals surface area contributed by atoms with Crippen LogP contribution in [-0.2, 0) is 0 Å². The largest absolute Gasteiger partial charge is 0.508 e. The molecule has 0 spiro atoms. The average Bonchev–Trinajstić information content (AvgIpc) is 3.23. The fourth-order valence-electron chi connectivity index (χ4n) is 5.24. The number of phenols is 1. The van der Waals surface area contributed by atoms with E-state index in [4.69, 9.17) is 11.2 Å². The van der Waals surface area contributed by atoms with Gasteiger partial charge in [0.1, 0.15) is 22.7 Å². The number of hydrogen-bond acceptors (Lipinski definition) is 6. The maximum atomic E-state index is 16.3. The first-order chi connectivity index (χ1) is 17.3. The molecule has 2 saturated heterocycles. The zero-order valence-corrected chi connectivity index (χ0v) is 20.1. The van der Waals surface area contributed by atoms with Crippen molar-refractivity contribution in [2.45, 2.75) is 31.8 Å². The van der Waals surface area contributed by atoms with Gasteiger partial charge < -0.3 is 20.1 Å². The second kappa shape index (κ2) is 9.25. The first-order valence-corrected chi connectivity index (χ1v) is 11.7. The Kier molecular flexibility index (Phi) is 6.10. The Bertz CT molecular complexity index is 1550. The number of nitrogens with one attached hydrogen (secondary N) is 1. The van der Waals surface area contributed by atoms with Crippen molar-refractivity contribution >= 4 is 34.1 Å². The number of anilines is 1. The molecule has 2 fully saturated rings. The highest BCUT2D eigenvalue weighted by molar-refractivity contribution is 6.06. The zero-order chi connectivity index (χ0) is 25.6. The minimum absolute atomic E-state index is 0.00498. The van der Waals surface area contributed by atoms with Crippen molar-refractivity contribution in [3.05, 3.63) is 58.4 Å². The van der Waals surface area contributed by atoms with Crippen molar-refractivity contribution < 1.29 is 18.6 Å². The highest BCUT2D eigenvalue weighted by atomic mass is 19.1. The molecule has 2 atom stereocenters. The van der Waals surface area contributed by atoms with E-state index < -0.39 is 11.6 Å². The van der Waals surface area contributed by atoms with E-state index in [9.17, 15) is 9.50 Å². The van der Waals surface area contributed by atoms with Gasteiger partial charge in [-0.25, -0.2) is 8.78 Å². The van der Waals surface area contributed by atoms with Crippen molar-refractivity contribution in [2.75, 3.05) is 25.1 Å². The summed E-state index contributed by atoms with van der Waals surface area (Å²) in [5, 5.41) is 15.2. The fraction of sp³-hybridized carbons (Fsp3) is 0.286. The molecule has 8 heteroatoms. The minimum atomic E-state index is -0.748. The number of fused-ring (bicyclic) bond motifs is 3. The molecule has 6 nitrogen and oxygen atoms in total. The lowest BCUT2D eigenvalue weighted by Crippen LogP contribution is -2.53. The Balaban J connectivity index is 1.75. The van der Waals surface area contributed by atoms with E-state index in [1.165, 1.54) is 31.4 Å². The Hall–Kier alpha value is -3.96. The average molecular weight is 489 g/mol. The van der Waals surface area contributed by atoms with E-state index >= 15 is 4.39 Å². The van der Waals surface area contributed by atoms with Gasteiger partial charge in [-0.1, -0.05) is 24.6 Å². The van der Waals surface area contributed by atoms with E-state index in [0.29, 0.717) is 28.5 Å². The predicted octanol–water partition coefficient (Wildman–Crippen LogP) is 3.00. The number of aromatic hydroxyl groups is 1. The molecule has 0 aliphatic carbocycles. The smallest absolute Gasteiger partial charge is 0.318 e. The van der Waals surface area contributed by atoms with Crippen molar-refractivity contribution in [1.29, 1.82) is 0 Å². The summed E-state index contributed by atoms with van der Waals surface area (Å²) in [5.74, 6) is 1.43. The number of piperazine rings is 1. The van der Waals surface area contributed by atoms with Gasteiger partial charge in [-0.3, -0.25) is 0 Å². The molecule has 0 radical (unpaired) electrons. The van der Waals surface area contributed by atoms with Crippen LogP contribution in [0, 0.1) is 18.2 Å². The summed E-state index contributed by atoms with van der Waals surface area (Å²) in [6.45, 7) is 7.22. The van der Waals surface area contributed by atoms with Crippen molar-refractivity contribution in [3.63, 3.8) is 0 Å². The van der Waals surface area contributed by atoms with Gasteiger partial charge in [0.2, 0.25) is 0 Å². The number of rotatable bonds is 4. The Morgan fingerprint density at radius 2 is 2.00 bits per heavy atom. The van der Waals surface area contributed by atoms with E-state index in [2.05, 4.69) is 32.7 Å². The van der Waals surface area contributed by atoms with Gasteiger partial charge in [-0.05, 0) is 48.9 Å². The van der Waals surface area contributed by atoms with Gasteiger partial charge in [0, 0.05) is 41.4 Å². The van der Waals surface area contributed by atoms with E-state index in [0.717, 1.165) is 25.9 Å². The lowest BCUT2D eigenvalue weighted by atomic mass is 9.93. The van der Waals surface area contributed by atoms with E-state index in [1.807, 2.05) is 0 Å². The van der Waals surface area contributed by atoms with Crippen LogP contribution in [0.2, 0.25) is 0 Å². The first-order valence-electron chi connectivity index (χ1n) is 11.7. The van der Waals surface area contributed by atoms with Crippen LogP contribution in [0.3, 0.4) is 0 Å². The number of benzene rings is 2. The summed E-state index contributed by atoms with van der Waals surface area (Å²) < 4.78 is 36.2. The number of halogens is 2. The summed E-state index contributed by atoms with van der Waals surface area (Å²) in [7, 11) is 1.43. The lowest BCUT2D eigenvalue weighted by molar-refractivity contribution is 0.376. The number of aromatic nitrogens is 2. The molecule has 0 saturated carbocycles. The molecule has 1 aromatic heterocycles. The van der Waals surface area contributed by atoms with Crippen molar-refractivity contribution in [3.8, 4) is 24.1 Å². The third-order valence-electron chi connectivity index (χ3n) is 6.89. The SMILES string of the molecule is C#Cc1c(F)ccc2cc(O)cc(C(=C)/C(F)=c3/nc(OC)nc(N4CC5CCC(C4)N5)/c3=C\C)c12. The monoisotopic (exact) mass is 488 g/mol. The summed E-state index contributed by atoms with van der Waals surface area (Å²) in [5.41, 5.74) is 0.0560. The molecule has 2 aliphatic heterocycles. The van der Waals surface area contributed by atoms with Gasteiger partial charge in [-0.15, -0.1) is 6.42 Å². The van der Waals surface area contributed by atoms with Crippen LogP contribution in [-0.4, -0.2) is 47.4 Å². The molecular formula is C28H26F2N4O2. The molecule has 5 rings (SSSR count). The normalized spacial score (nSPS) is 20.4. The van der Waals surface area contributed by atoms with Crippen LogP contribution in [0.25, 0.3) is 28.2 Å². The molecule has 0 amide bonds. The molecule has 3 aromatic rings. The minimum Gasteiger partial charge on any atom is -0.508 e. The third-order valence-corrected chi connectivity index (χ3v) is 6.89. The summed E-state index contributed by atoms with van der Waals surface area (Å²) in [6, 6.07) is 6.18. The number of nitrogens with zero attached hydrogens (tertiary/aromatic N) is 3. The highest BCUT2D eigenvalue weighted by Crippen LogP contribution is 2.35. The Labute approximate surface area is 207 Å². The molecule has 2 aliphatic rings. The fourth-order valence-corrected chi connectivity index (χ4v) is 5.24. The number of methoxy groups -OCH3 is 1. The highest BCUT2D eigenvalue weighted by Gasteiger charge is 2.33. The second-order valence-corrected chi connectivity index (χ2v) is 9.08. The van der Waals surface area contributed by atoms with Gasteiger partial charge in [0.15, 0.2) is 5.83 Å². The molecule has 2 bridgehead atoms. The van der Waals surface area contributed by atoms with Gasteiger partial charge in [0.05, 0.1) is 12.7 Å². The molecule has 3 heterocycles. The van der Waals surface area contributed by atoms with Crippen LogP contribution in [0.1, 0.15) is 30.9 Å². The third kappa shape index (κ3) is 3.95. The van der Waals surface area contributed by atoms with Crippen molar-refractivity contribution in [2.24, 2.45) is 0 Å². The predicted molar refractivity (Wildman–Crippen MR) is 137 cm³/mol. The number of ether oxygens (including phenoxy) is 1. The first kappa shape index (κ1) is 23.8. The summed E-state index contributed by atoms with van der Waals surface area (Å²) in [4.78, 5) is 11.0. The molecule has 184 valence electrons.